The molecule has 0 aromatic heterocycles. The van der Waals surface area contributed by atoms with Crippen LogP contribution in [0.2, 0.25) is 0 Å². The first-order chi connectivity index (χ1) is 6.68. The van der Waals surface area contributed by atoms with Gasteiger partial charge in [-0.25, -0.2) is 4.21 Å². The molecule has 0 amide bonds. The molecule has 0 saturated carbocycles. The Bertz CT molecular complexity index is 447. The zero-order valence-corrected chi connectivity index (χ0v) is 9.02. The highest BCUT2D eigenvalue weighted by molar-refractivity contribution is 7.92. The molecule has 0 atom stereocenters. The van der Waals surface area contributed by atoms with E-state index >= 15 is 0 Å². The molecule has 1 aromatic rings. The molecule has 0 unspecified atom stereocenters. The molecule has 15 heavy (non-hydrogen) atoms. The van der Waals surface area contributed by atoms with E-state index < -0.39 is 21.5 Å². The van der Waals surface area contributed by atoms with E-state index in [4.69, 9.17) is 0 Å². The van der Waals surface area contributed by atoms with Crippen molar-refractivity contribution in [3.05, 3.63) is 29.8 Å². The van der Waals surface area contributed by atoms with Crippen molar-refractivity contribution in [2.24, 2.45) is 4.36 Å². The summed E-state index contributed by atoms with van der Waals surface area (Å²) in [5.41, 5.74) is -0.446. The number of alkyl halides is 3. The van der Waals surface area contributed by atoms with Crippen LogP contribution in [0.5, 0.6) is 0 Å². The highest BCUT2D eigenvalue weighted by atomic mass is 32.2. The van der Waals surface area contributed by atoms with Crippen molar-refractivity contribution in [2.45, 2.75) is 6.18 Å². The number of hydrogen-bond acceptors (Lipinski definition) is 2. The zero-order valence-electron chi connectivity index (χ0n) is 8.21. The predicted molar refractivity (Wildman–Crippen MR) is 53.5 cm³/mol. The molecule has 0 N–H and O–H groups in total. The molecule has 0 aliphatic carbocycles. The molecule has 0 spiro atoms. The molecular formula is C9H10F3NOS. The lowest BCUT2D eigenvalue weighted by atomic mass is 10.2. The number of hydrogen-bond donors (Lipinski definition) is 0. The largest absolute Gasteiger partial charge is 0.416 e. The highest BCUT2D eigenvalue weighted by Crippen LogP contribution is 2.30. The average Bonchev–Trinajstić information content (AvgIpc) is 2.00. The molecular weight excluding hydrogens is 227 g/mol. The Hall–Kier alpha value is -1.04. The van der Waals surface area contributed by atoms with Crippen molar-refractivity contribution in [1.29, 1.82) is 0 Å². The fourth-order valence-corrected chi connectivity index (χ4v) is 1.59. The van der Waals surface area contributed by atoms with E-state index in [9.17, 15) is 17.4 Å². The van der Waals surface area contributed by atoms with Crippen molar-refractivity contribution >= 4 is 15.4 Å². The first-order valence-corrected chi connectivity index (χ1v) is 6.36. The third-order valence-corrected chi connectivity index (χ3v) is 2.17. The Morgan fingerprint density at radius 2 is 1.60 bits per heavy atom. The van der Waals surface area contributed by atoms with Gasteiger partial charge in [-0.05, 0) is 24.3 Å². The Morgan fingerprint density at radius 1 is 1.13 bits per heavy atom. The van der Waals surface area contributed by atoms with Crippen LogP contribution in [0.15, 0.2) is 28.6 Å². The van der Waals surface area contributed by atoms with Crippen molar-refractivity contribution in [2.75, 3.05) is 12.5 Å². The fourth-order valence-electron chi connectivity index (χ4n) is 0.965. The zero-order chi connectivity index (χ0) is 11.7. The van der Waals surface area contributed by atoms with Crippen molar-refractivity contribution in [3.8, 4) is 0 Å². The Kier molecular flexibility index (Phi) is 3.08. The van der Waals surface area contributed by atoms with Gasteiger partial charge in [0.1, 0.15) is 0 Å². The van der Waals surface area contributed by atoms with E-state index in [2.05, 4.69) is 4.36 Å². The van der Waals surface area contributed by atoms with Crippen molar-refractivity contribution in [3.63, 3.8) is 0 Å². The molecule has 1 aromatic carbocycles. The lowest BCUT2D eigenvalue weighted by molar-refractivity contribution is -0.137. The van der Waals surface area contributed by atoms with Gasteiger partial charge in [0.25, 0.3) is 0 Å². The summed E-state index contributed by atoms with van der Waals surface area (Å²) in [5.74, 6) is 0. The fraction of sp³-hybridized carbons (Fsp3) is 0.333. The smallest absolute Gasteiger partial charge is 0.250 e. The van der Waals surface area contributed by atoms with Crippen LogP contribution in [-0.2, 0) is 15.9 Å². The van der Waals surface area contributed by atoms with Crippen LogP contribution >= 0.6 is 0 Å². The topological polar surface area (TPSA) is 29.4 Å². The second kappa shape index (κ2) is 3.84. The molecule has 0 bridgehead atoms. The Balaban J connectivity index is 3.07. The van der Waals surface area contributed by atoms with E-state index in [1.54, 1.807) is 0 Å². The number of nitrogens with zero attached hydrogens (tertiary/aromatic N) is 1. The Morgan fingerprint density at radius 3 is 1.93 bits per heavy atom. The van der Waals surface area contributed by atoms with Gasteiger partial charge < -0.3 is 0 Å². The van der Waals surface area contributed by atoms with Crippen LogP contribution in [0, 0.1) is 0 Å². The number of halogens is 3. The van der Waals surface area contributed by atoms with E-state index in [1.807, 2.05) is 0 Å². The normalized spacial score (nSPS) is 12.6. The summed E-state index contributed by atoms with van der Waals surface area (Å²) in [6.07, 6.45) is -1.51. The minimum atomic E-state index is -4.35. The lowest BCUT2D eigenvalue weighted by Gasteiger charge is -2.05. The van der Waals surface area contributed by atoms with Crippen LogP contribution in [0.1, 0.15) is 5.56 Å². The van der Waals surface area contributed by atoms with E-state index in [0.717, 1.165) is 12.1 Å². The van der Waals surface area contributed by atoms with Gasteiger partial charge >= 0.3 is 6.18 Å². The third kappa shape index (κ3) is 3.91. The molecule has 0 radical (unpaired) electrons. The van der Waals surface area contributed by atoms with Gasteiger partial charge in [-0.2, -0.15) is 17.5 Å². The van der Waals surface area contributed by atoms with Gasteiger partial charge in [0.2, 0.25) is 0 Å². The van der Waals surface area contributed by atoms with Gasteiger partial charge in [-0.15, -0.1) is 0 Å². The highest BCUT2D eigenvalue weighted by Gasteiger charge is 2.29. The number of rotatable bonds is 1. The van der Waals surface area contributed by atoms with Gasteiger partial charge in [0.15, 0.2) is 0 Å². The van der Waals surface area contributed by atoms with Crippen molar-refractivity contribution < 1.29 is 17.4 Å². The van der Waals surface area contributed by atoms with Gasteiger partial charge in [0, 0.05) is 22.2 Å². The minimum absolute atomic E-state index is 0.290. The van der Waals surface area contributed by atoms with Crippen LogP contribution in [0.3, 0.4) is 0 Å². The molecule has 84 valence electrons. The summed E-state index contributed by atoms with van der Waals surface area (Å²) in [5, 5.41) is 0. The maximum absolute atomic E-state index is 12.2. The second-order valence-corrected chi connectivity index (χ2v) is 5.86. The summed E-state index contributed by atoms with van der Waals surface area (Å²) >= 11 is 0. The number of benzene rings is 1. The quantitative estimate of drug-likeness (QED) is 0.738. The molecule has 0 fully saturated rings. The van der Waals surface area contributed by atoms with Gasteiger partial charge in [-0.3, -0.25) is 0 Å². The lowest BCUT2D eigenvalue weighted by Crippen LogP contribution is -2.03. The van der Waals surface area contributed by atoms with Crippen LogP contribution in [-0.4, -0.2) is 16.7 Å². The van der Waals surface area contributed by atoms with Gasteiger partial charge in [-0.1, -0.05) is 0 Å². The molecule has 0 saturated heterocycles. The van der Waals surface area contributed by atoms with E-state index in [0.29, 0.717) is 0 Å². The van der Waals surface area contributed by atoms with Crippen molar-refractivity contribution in [1.82, 2.24) is 0 Å². The Labute approximate surface area is 86.3 Å². The second-order valence-electron chi connectivity index (χ2n) is 3.32. The van der Waals surface area contributed by atoms with E-state index in [-0.39, 0.29) is 5.69 Å². The SMILES string of the molecule is CS(C)(=O)=Nc1ccc(C(F)(F)F)cc1. The first-order valence-electron chi connectivity index (χ1n) is 4.03. The molecule has 0 heterocycles. The minimum Gasteiger partial charge on any atom is -0.250 e. The van der Waals surface area contributed by atoms with Gasteiger partial charge in [0.05, 0.1) is 11.3 Å². The van der Waals surface area contributed by atoms with E-state index in [1.165, 1.54) is 24.6 Å². The summed E-state index contributed by atoms with van der Waals surface area (Å²) in [4.78, 5) is 0. The maximum Gasteiger partial charge on any atom is 0.416 e. The first kappa shape index (κ1) is 12.0. The maximum atomic E-state index is 12.2. The summed E-state index contributed by atoms with van der Waals surface area (Å²) < 4.78 is 51.5. The van der Waals surface area contributed by atoms with Crippen LogP contribution in [0.25, 0.3) is 0 Å². The summed E-state index contributed by atoms with van der Waals surface area (Å²) in [7, 11) is -2.33. The molecule has 1 rings (SSSR count). The van der Waals surface area contributed by atoms with Crippen LogP contribution < -0.4 is 0 Å². The molecule has 6 heteroatoms. The average molecular weight is 237 g/mol. The molecule has 0 aliphatic heterocycles. The molecule has 0 aliphatic rings. The standard InChI is InChI=1S/C9H10F3NOS/c1-15(2,14)13-8-5-3-7(4-6-8)9(10,11)12/h3-6H,1-2H3. The summed E-state index contributed by atoms with van der Waals surface area (Å²) in [6.45, 7) is 0. The van der Waals surface area contributed by atoms with Crippen LogP contribution in [0.4, 0.5) is 18.9 Å². The predicted octanol–water partition coefficient (Wildman–Crippen LogP) is 3.06. The third-order valence-electron chi connectivity index (χ3n) is 1.52. The monoisotopic (exact) mass is 237 g/mol. The summed E-state index contributed by atoms with van der Waals surface area (Å²) in [6, 6.07) is 4.25. The molecule has 2 nitrogen and oxygen atoms in total.